The number of nitrogens with zero attached hydrogens (tertiary/aromatic N) is 3. The van der Waals surface area contributed by atoms with E-state index in [1.165, 1.54) is 12.8 Å². The average Bonchev–Trinajstić information content (AvgIpc) is 3.15. The van der Waals surface area contributed by atoms with Crippen molar-refractivity contribution in [1.29, 1.82) is 0 Å². The van der Waals surface area contributed by atoms with Crippen molar-refractivity contribution < 1.29 is 9.90 Å². The number of hydrogen-bond acceptors (Lipinski definition) is 6. The summed E-state index contributed by atoms with van der Waals surface area (Å²) in [6.45, 7) is 2.40. The Bertz CT molecular complexity index is 1300. The molecule has 2 aliphatic heterocycles. The van der Waals surface area contributed by atoms with Gasteiger partial charge in [0.05, 0.1) is 28.7 Å². The lowest BCUT2D eigenvalue weighted by Crippen LogP contribution is -2.67. The molecule has 5 heterocycles. The molecule has 3 aliphatic rings. The summed E-state index contributed by atoms with van der Waals surface area (Å²) in [6.07, 6.45) is 9.28. The highest BCUT2D eigenvalue weighted by Crippen LogP contribution is 2.41. The van der Waals surface area contributed by atoms with Gasteiger partial charge in [-0.15, -0.1) is 0 Å². The molecule has 35 heavy (non-hydrogen) atoms. The summed E-state index contributed by atoms with van der Waals surface area (Å²) in [5.74, 6) is -0.872. The molecule has 1 aliphatic carbocycles. The van der Waals surface area contributed by atoms with Crippen LogP contribution in [-0.2, 0) is 26.3 Å². The molecule has 0 spiro atoms. The molecule has 1 atom stereocenters. The van der Waals surface area contributed by atoms with Gasteiger partial charge < -0.3 is 26.0 Å². The summed E-state index contributed by atoms with van der Waals surface area (Å²) >= 11 is 0. The van der Waals surface area contributed by atoms with E-state index in [0.29, 0.717) is 31.5 Å². The number of carboxylic acids is 1. The summed E-state index contributed by atoms with van der Waals surface area (Å²) in [4.78, 5) is 22.0. The number of piperidine rings is 1. The molecule has 0 radical (unpaired) electrons. The third-order valence-electron chi connectivity index (χ3n) is 7.94. The lowest BCUT2D eigenvalue weighted by molar-refractivity contribution is 0.0693. The molecule has 182 valence electrons. The van der Waals surface area contributed by atoms with Crippen LogP contribution in [-0.4, -0.2) is 50.8 Å². The number of aromatic carboxylic acids is 1. The number of hydrogen-bond donors (Lipinski definition) is 4. The van der Waals surface area contributed by atoms with Crippen LogP contribution >= 0.6 is 0 Å². The van der Waals surface area contributed by atoms with Crippen molar-refractivity contribution in [3.8, 4) is 22.5 Å². The maximum absolute atomic E-state index is 12.4. The zero-order valence-electron chi connectivity index (χ0n) is 20.1. The topological polar surface area (TPSA) is 118 Å². The molecular weight excluding hydrogens is 440 g/mol. The van der Waals surface area contributed by atoms with Crippen LogP contribution in [0, 0.1) is 0 Å². The summed E-state index contributed by atoms with van der Waals surface area (Å²) in [6, 6.07) is 6.42. The fourth-order valence-electron chi connectivity index (χ4n) is 6.06. The van der Waals surface area contributed by atoms with Gasteiger partial charge >= 0.3 is 5.97 Å². The van der Waals surface area contributed by atoms with Gasteiger partial charge in [-0.1, -0.05) is 6.42 Å². The molecular formula is C27H32N6O2. The second kappa shape index (κ2) is 8.55. The Morgan fingerprint density at radius 1 is 1.26 bits per heavy atom. The number of pyridine rings is 2. The van der Waals surface area contributed by atoms with Gasteiger partial charge in [-0.25, -0.2) is 4.79 Å². The predicted octanol–water partition coefficient (Wildman–Crippen LogP) is 2.60. The number of carbonyl (C=O) groups is 1. The minimum atomic E-state index is -0.872. The maximum atomic E-state index is 12.4. The SMILES string of the molecule is Cn1c(CC2(N)CNC2)c(C(=O)O)c2c1-c1cc(-c3cccnc3C3CCCCN3)ncc1CC2. The maximum Gasteiger partial charge on any atom is 0.337 e. The molecule has 0 saturated carbocycles. The Morgan fingerprint density at radius 2 is 2.11 bits per heavy atom. The molecule has 8 nitrogen and oxygen atoms in total. The van der Waals surface area contributed by atoms with Crippen molar-refractivity contribution in [3.05, 3.63) is 58.7 Å². The number of nitrogens with two attached hydrogens (primary N) is 1. The normalized spacial score (nSPS) is 20.6. The van der Waals surface area contributed by atoms with Gasteiger partial charge in [0.1, 0.15) is 0 Å². The molecule has 2 fully saturated rings. The zero-order chi connectivity index (χ0) is 24.2. The van der Waals surface area contributed by atoms with Crippen molar-refractivity contribution in [2.75, 3.05) is 19.6 Å². The molecule has 3 aromatic heterocycles. The van der Waals surface area contributed by atoms with Crippen LogP contribution < -0.4 is 16.4 Å². The van der Waals surface area contributed by atoms with E-state index in [0.717, 1.165) is 64.4 Å². The lowest BCUT2D eigenvalue weighted by Gasteiger charge is -2.39. The standard InChI is InChI=1S/C27H32N6O2/c1-33-22(12-27(28)14-29-15-27)23(26(34)35)18-8-7-16-13-32-21(11-19(16)25(18)33)17-5-4-10-31-24(17)20-6-2-3-9-30-20/h4-5,10-11,13,20,29-30H,2-3,6-9,12,14-15,28H2,1H3,(H,34,35). The van der Waals surface area contributed by atoms with Gasteiger partial charge in [-0.2, -0.15) is 0 Å². The summed E-state index contributed by atoms with van der Waals surface area (Å²) in [5, 5.41) is 17.0. The number of carboxylic acid groups (broad SMARTS) is 1. The number of nitrogens with one attached hydrogen (secondary N) is 2. The highest BCUT2D eigenvalue weighted by atomic mass is 16.4. The molecule has 0 bridgehead atoms. The van der Waals surface area contributed by atoms with Gasteiger partial charge in [-0.05, 0) is 61.6 Å². The number of fused-ring (bicyclic) bond motifs is 3. The molecule has 0 amide bonds. The number of aryl methyl sites for hydroxylation is 1. The Morgan fingerprint density at radius 3 is 2.83 bits per heavy atom. The van der Waals surface area contributed by atoms with E-state index in [2.05, 4.69) is 27.3 Å². The van der Waals surface area contributed by atoms with E-state index in [1.54, 1.807) is 0 Å². The largest absolute Gasteiger partial charge is 0.478 e. The van der Waals surface area contributed by atoms with Crippen LogP contribution in [0.25, 0.3) is 22.5 Å². The second-order valence-corrected chi connectivity index (χ2v) is 10.3. The average molecular weight is 473 g/mol. The van der Waals surface area contributed by atoms with E-state index in [4.69, 9.17) is 15.7 Å². The van der Waals surface area contributed by atoms with Crippen LogP contribution in [0.1, 0.15) is 58.2 Å². The van der Waals surface area contributed by atoms with Gasteiger partial charge in [0.25, 0.3) is 0 Å². The fraction of sp³-hybridized carbons (Fsp3) is 0.444. The zero-order valence-corrected chi connectivity index (χ0v) is 20.1. The summed E-state index contributed by atoms with van der Waals surface area (Å²) in [5.41, 5.74) is 14.4. The van der Waals surface area contributed by atoms with E-state index in [1.807, 2.05) is 25.5 Å². The first-order valence-corrected chi connectivity index (χ1v) is 12.6. The van der Waals surface area contributed by atoms with Crippen LogP contribution in [0.4, 0.5) is 0 Å². The Kier molecular flexibility index (Phi) is 5.47. The lowest BCUT2D eigenvalue weighted by atomic mass is 9.85. The molecule has 3 aromatic rings. The minimum absolute atomic E-state index is 0.227. The fourth-order valence-corrected chi connectivity index (χ4v) is 6.06. The monoisotopic (exact) mass is 472 g/mol. The van der Waals surface area contributed by atoms with E-state index < -0.39 is 11.5 Å². The highest BCUT2D eigenvalue weighted by Gasteiger charge is 2.38. The molecule has 1 unspecified atom stereocenters. The van der Waals surface area contributed by atoms with Crippen molar-refractivity contribution >= 4 is 5.97 Å². The Hall–Kier alpha value is -3.07. The Labute approximate surface area is 205 Å². The molecule has 8 heteroatoms. The first-order valence-electron chi connectivity index (χ1n) is 12.6. The van der Waals surface area contributed by atoms with Crippen LogP contribution in [0.2, 0.25) is 0 Å². The van der Waals surface area contributed by atoms with Crippen molar-refractivity contribution in [3.63, 3.8) is 0 Å². The van der Waals surface area contributed by atoms with Crippen LogP contribution in [0.15, 0.2) is 30.6 Å². The second-order valence-electron chi connectivity index (χ2n) is 10.3. The minimum Gasteiger partial charge on any atom is -0.478 e. The van der Waals surface area contributed by atoms with Crippen LogP contribution in [0.5, 0.6) is 0 Å². The Balaban J connectivity index is 1.47. The summed E-state index contributed by atoms with van der Waals surface area (Å²) < 4.78 is 2.07. The van der Waals surface area contributed by atoms with Crippen LogP contribution in [0.3, 0.4) is 0 Å². The highest BCUT2D eigenvalue weighted by molar-refractivity contribution is 5.95. The predicted molar refractivity (Wildman–Crippen MR) is 134 cm³/mol. The van der Waals surface area contributed by atoms with Crippen molar-refractivity contribution in [2.45, 2.75) is 50.1 Å². The van der Waals surface area contributed by atoms with Gasteiger partial charge in [0.15, 0.2) is 0 Å². The molecule has 5 N–H and O–H groups in total. The van der Waals surface area contributed by atoms with Gasteiger partial charge in [0.2, 0.25) is 0 Å². The quantitative estimate of drug-likeness (QED) is 0.451. The van der Waals surface area contributed by atoms with Gasteiger partial charge in [-0.3, -0.25) is 9.97 Å². The first-order chi connectivity index (χ1) is 17.0. The summed E-state index contributed by atoms with van der Waals surface area (Å²) in [7, 11) is 1.98. The van der Waals surface area contributed by atoms with E-state index in [-0.39, 0.29) is 6.04 Å². The third-order valence-corrected chi connectivity index (χ3v) is 7.94. The van der Waals surface area contributed by atoms with Crippen molar-refractivity contribution in [2.24, 2.45) is 12.8 Å². The van der Waals surface area contributed by atoms with Crippen molar-refractivity contribution in [1.82, 2.24) is 25.2 Å². The smallest absolute Gasteiger partial charge is 0.337 e. The molecule has 6 rings (SSSR count). The first kappa shape index (κ1) is 22.4. The molecule has 0 aromatic carbocycles. The third kappa shape index (κ3) is 3.76. The number of rotatable bonds is 5. The van der Waals surface area contributed by atoms with E-state index in [9.17, 15) is 9.90 Å². The van der Waals surface area contributed by atoms with E-state index >= 15 is 0 Å². The van der Waals surface area contributed by atoms with Gasteiger partial charge in [0, 0.05) is 61.3 Å². The molecule has 2 saturated heterocycles. The number of aromatic nitrogens is 3.